The van der Waals surface area contributed by atoms with Gasteiger partial charge in [0.2, 0.25) is 0 Å². The van der Waals surface area contributed by atoms with Gasteiger partial charge in [0, 0.05) is 10.8 Å². The fraction of sp³-hybridized carbons (Fsp3) is 0.250. The number of fused-ring (bicyclic) bond motifs is 6. The highest BCUT2D eigenvalue weighted by Gasteiger charge is 2.39. The van der Waals surface area contributed by atoms with Crippen LogP contribution in [0.15, 0.2) is 126 Å². The summed E-state index contributed by atoms with van der Waals surface area (Å²) in [5, 5.41) is 7.50. The molecule has 10 rings (SSSR count). The van der Waals surface area contributed by atoms with Gasteiger partial charge in [-0.3, -0.25) is 4.57 Å². The molecule has 2 aromatic heterocycles. The number of nitrogens with zero attached hydrogens (tertiary/aromatic N) is 2. The predicted octanol–water partition coefficient (Wildman–Crippen LogP) is 14.8. The number of hydrogen-bond donors (Lipinski definition) is 0. The SMILES string of the molecule is CC(C)c1cc(-c2ccccc2)cc(C(C)C)c1-n1c(-c2cccc3c2oc2cc4c(cc5c6c(cccc64)C(C)(C)CC5(C)C)cc23)nc2ccccc21. The van der Waals surface area contributed by atoms with Crippen LogP contribution in [-0.4, -0.2) is 9.55 Å². The highest BCUT2D eigenvalue weighted by atomic mass is 16.3. The molecule has 9 aromatic rings. The van der Waals surface area contributed by atoms with Crippen molar-refractivity contribution < 1.29 is 4.42 Å². The van der Waals surface area contributed by atoms with Crippen LogP contribution in [-0.2, 0) is 10.8 Å². The Balaban J connectivity index is 1.26. The first-order valence-electron chi connectivity index (χ1n) is 20.0. The third-order valence-corrected chi connectivity index (χ3v) is 12.5. The molecule has 0 amide bonds. The zero-order valence-electron chi connectivity index (χ0n) is 33.2. The molecule has 0 spiro atoms. The molecule has 0 atom stereocenters. The van der Waals surface area contributed by atoms with Gasteiger partial charge in [-0.05, 0) is 133 Å². The number of furan rings is 1. The monoisotopic (exact) mass is 716 g/mol. The van der Waals surface area contributed by atoms with Crippen LogP contribution in [0.2, 0.25) is 0 Å². The molecule has 3 heteroatoms. The molecule has 0 N–H and O–H groups in total. The van der Waals surface area contributed by atoms with E-state index in [-0.39, 0.29) is 22.7 Å². The minimum absolute atomic E-state index is 0.0624. The lowest BCUT2D eigenvalue weighted by Crippen LogP contribution is -2.34. The van der Waals surface area contributed by atoms with Gasteiger partial charge >= 0.3 is 0 Å². The van der Waals surface area contributed by atoms with Crippen molar-refractivity contribution in [1.82, 2.24) is 9.55 Å². The molecule has 3 nitrogen and oxygen atoms in total. The fourth-order valence-corrected chi connectivity index (χ4v) is 10.1. The Hall–Kier alpha value is -5.67. The molecule has 0 saturated heterocycles. The third-order valence-electron chi connectivity index (χ3n) is 12.5. The van der Waals surface area contributed by atoms with E-state index in [9.17, 15) is 0 Å². The number of hydrogen-bond acceptors (Lipinski definition) is 2. The summed E-state index contributed by atoms with van der Waals surface area (Å²) in [6, 6.07) is 44.8. The maximum Gasteiger partial charge on any atom is 0.149 e. The summed E-state index contributed by atoms with van der Waals surface area (Å²) in [7, 11) is 0. The lowest BCUT2D eigenvalue weighted by Gasteiger charge is -2.42. The molecular weight excluding hydrogens is 669 g/mol. The first-order chi connectivity index (χ1) is 26.4. The fourth-order valence-electron chi connectivity index (χ4n) is 10.1. The second-order valence-corrected chi connectivity index (χ2v) is 17.9. The van der Waals surface area contributed by atoms with Crippen LogP contribution in [0.4, 0.5) is 0 Å². The molecule has 0 aliphatic heterocycles. The van der Waals surface area contributed by atoms with E-state index in [1.54, 1.807) is 0 Å². The van der Waals surface area contributed by atoms with Gasteiger partial charge in [0.1, 0.15) is 17.0 Å². The van der Waals surface area contributed by atoms with Gasteiger partial charge < -0.3 is 4.42 Å². The standard InChI is InChI=1S/C52H48N2O/c1-30(2)38-24-33(32-16-10-9-11-17-32)25-39(31(3)4)48(38)54-45-23-13-12-22-44(45)53-50(54)37-20-14-19-36-41-26-34-27-43-47-35(40(34)28-46(41)55-49(36)37)18-15-21-42(47)51(5,6)29-52(43,7)8/h9-28,30-31H,29H2,1-8H3. The Morgan fingerprint density at radius 1 is 0.600 bits per heavy atom. The molecule has 0 fully saturated rings. The van der Waals surface area contributed by atoms with Crippen molar-refractivity contribution in [2.24, 2.45) is 0 Å². The van der Waals surface area contributed by atoms with Crippen molar-refractivity contribution in [2.75, 3.05) is 0 Å². The topological polar surface area (TPSA) is 31.0 Å². The smallest absolute Gasteiger partial charge is 0.149 e. The molecule has 55 heavy (non-hydrogen) atoms. The minimum atomic E-state index is 0.0624. The average molecular weight is 717 g/mol. The number of imidazole rings is 1. The summed E-state index contributed by atoms with van der Waals surface area (Å²) in [6.45, 7) is 18.9. The van der Waals surface area contributed by atoms with E-state index in [1.165, 1.54) is 60.6 Å². The van der Waals surface area contributed by atoms with Crippen molar-refractivity contribution >= 4 is 54.5 Å². The molecule has 0 bridgehead atoms. The van der Waals surface area contributed by atoms with E-state index in [0.29, 0.717) is 0 Å². The zero-order valence-corrected chi connectivity index (χ0v) is 33.2. The highest BCUT2D eigenvalue weighted by molar-refractivity contribution is 6.19. The van der Waals surface area contributed by atoms with Crippen LogP contribution in [0.3, 0.4) is 0 Å². The predicted molar refractivity (Wildman–Crippen MR) is 233 cm³/mol. The van der Waals surface area contributed by atoms with E-state index in [1.807, 2.05) is 0 Å². The van der Waals surface area contributed by atoms with Crippen LogP contribution < -0.4 is 0 Å². The molecule has 1 aliphatic carbocycles. The number of rotatable bonds is 5. The normalized spacial score (nSPS) is 15.1. The Morgan fingerprint density at radius 2 is 1.27 bits per heavy atom. The van der Waals surface area contributed by atoms with Crippen LogP contribution in [0.5, 0.6) is 0 Å². The third kappa shape index (κ3) is 5.05. The lowest BCUT2D eigenvalue weighted by atomic mass is 9.61. The second-order valence-electron chi connectivity index (χ2n) is 17.9. The van der Waals surface area contributed by atoms with Crippen LogP contribution in [0.25, 0.3) is 82.7 Å². The molecule has 7 aromatic carbocycles. The van der Waals surface area contributed by atoms with E-state index in [4.69, 9.17) is 9.40 Å². The van der Waals surface area contributed by atoms with Gasteiger partial charge in [-0.25, -0.2) is 4.98 Å². The van der Waals surface area contributed by atoms with Gasteiger partial charge in [0.25, 0.3) is 0 Å². The lowest BCUT2D eigenvalue weighted by molar-refractivity contribution is 0.341. The zero-order chi connectivity index (χ0) is 38.0. The quantitative estimate of drug-likeness (QED) is 0.166. The Labute approximate surface area is 323 Å². The van der Waals surface area contributed by atoms with E-state index in [2.05, 4.69) is 181 Å². The van der Waals surface area contributed by atoms with Crippen molar-refractivity contribution in [1.29, 1.82) is 0 Å². The summed E-state index contributed by atoms with van der Waals surface area (Å²) in [5.41, 5.74) is 14.2. The van der Waals surface area contributed by atoms with Crippen molar-refractivity contribution in [3.8, 4) is 28.2 Å². The van der Waals surface area contributed by atoms with Gasteiger partial charge in [0.15, 0.2) is 0 Å². The molecule has 0 unspecified atom stereocenters. The number of para-hydroxylation sites is 3. The van der Waals surface area contributed by atoms with E-state index < -0.39 is 0 Å². The summed E-state index contributed by atoms with van der Waals surface area (Å²) >= 11 is 0. The van der Waals surface area contributed by atoms with Crippen LogP contribution in [0, 0.1) is 0 Å². The molecule has 1 aliphatic rings. The summed E-state index contributed by atoms with van der Waals surface area (Å²) in [6.07, 6.45) is 1.12. The molecule has 272 valence electrons. The second kappa shape index (κ2) is 11.9. The Morgan fingerprint density at radius 3 is 2.02 bits per heavy atom. The first kappa shape index (κ1) is 33.9. The summed E-state index contributed by atoms with van der Waals surface area (Å²) in [4.78, 5) is 5.43. The maximum atomic E-state index is 7.04. The van der Waals surface area contributed by atoms with Crippen molar-refractivity contribution in [3.05, 3.63) is 144 Å². The molecular formula is C52H48N2O. The number of aromatic nitrogens is 2. The van der Waals surface area contributed by atoms with Crippen molar-refractivity contribution in [3.63, 3.8) is 0 Å². The van der Waals surface area contributed by atoms with Crippen molar-refractivity contribution in [2.45, 2.75) is 84.5 Å². The summed E-state index contributed by atoms with van der Waals surface area (Å²) < 4.78 is 9.47. The summed E-state index contributed by atoms with van der Waals surface area (Å²) in [5.74, 6) is 1.47. The van der Waals surface area contributed by atoms with Gasteiger partial charge in [-0.1, -0.05) is 128 Å². The van der Waals surface area contributed by atoms with E-state index >= 15 is 0 Å². The minimum Gasteiger partial charge on any atom is -0.455 e. The largest absolute Gasteiger partial charge is 0.455 e. The van der Waals surface area contributed by atoms with E-state index in [0.717, 1.165) is 50.8 Å². The maximum absolute atomic E-state index is 7.04. The average Bonchev–Trinajstić information content (AvgIpc) is 3.73. The Bertz CT molecular complexity index is 2980. The van der Waals surface area contributed by atoms with Gasteiger partial charge in [-0.15, -0.1) is 0 Å². The molecule has 0 radical (unpaired) electrons. The highest BCUT2D eigenvalue weighted by Crippen LogP contribution is 2.51. The van der Waals surface area contributed by atoms with Crippen LogP contribution >= 0.6 is 0 Å². The number of benzene rings is 7. The van der Waals surface area contributed by atoms with Gasteiger partial charge in [0.05, 0.1) is 22.3 Å². The first-order valence-corrected chi connectivity index (χ1v) is 20.0. The molecule has 0 saturated carbocycles. The van der Waals surface area contributed by atoms with Gasteiger partial charge in [-0.2, -0.15) is 0 Å². The van der Waals surface area contributed by atoms with Crippen LogP contribution in [0.1, 0.15) is 95.9 Å². The Kier molecular flexibility index (Phi) is 7.34. The molecule has 2 heterocycles.